The molecule has 4 nitrogen and oxygen atoms in total. The standard InChI is InChI=1S/C17H15BrN2O2S/c1-12-4-2-7-15(8-12)21-10-16-19-20-17(22-16)23-11-13-5-3-6-14(18)9-13/h2-9H,10-11H2,1H3. The summed E-state index contributed by atoms with van der Waals surface area (Å²) < 4.78 is 12.3. The Morgan fingerprint density at radius 3 is 2.83 bits per heavy atom. The predicted molar refractivity (Wildman–Crippen MR) is 93.5 cm³/mol. The molecule has 0 atom stereocenters. The van der Waals surface area contributed by atoms with Gasteiger partial charge in [-0.3, -0.25) is 0 Å². The third-order valence-corrected chi connectivity index (χ3v) is 4.43. The summed E-state index contributed by atoms with van der Waals surface area (Å²) in [6.07, 6.45) is 0. The summed E-state index contributed by atoms with van der Waals surface area (Å²) in [4.78, 5) is 0. The highest BCUT2D eigenvalue weighted by Crippen LogP contribution is 2.23. The molecule has 23 heavy (non-hydrogen) atoms. The summed E-state index contributed by atoms with van der Waals surface area (Å²) in [6.45, 7) is 2.30. The summed E-state index contributed by atoms with van der Waals surface area (Å²) in [5, 5.41) is 8.60. The quantitative estimate of drug-likeness (QED) is 0.553. The van der Waals surface area contributed by atoms with E-state index in [9.17, 15) is 0 Å². The first-order chi connectivity index (χ1) is 11.2. The molecule has 0 radical (unpaired) electrons. The highest BCUT2D eigenvalue weighted by molar-refractivity contribution is 9.10. The van der Waals surface area contributed by atoms with E-state index in [1.54, 1.807) is 0 Å². The van der Waals surface area contributed by atoms with Crippen molar-refractivity contribution in [3.63, 3.8) is 0 Å². The zero-order valence-electron chi connectivity index (χ0n) is 12.5. The van der Waals surface area contributed by atoms with Gasteiger partial charge in [-0.15, -0.1) is 10.2 Å². The van der Waals surface area contributed by atoms with Crippen LogP contribution in [0.4, 0.5) is 0 Å². The van der Waals surface area contributed by atoms with Crippen LogP contribution >= 0.6 is 27.7 Å². The summed E-state index contributed by atoms with van der Waals surface area (Å²) >= 11 is 4.97. The molecule has 1 aromatic heterocycles. The van der Waals surface area contributed by atoms with Crippen LogP contribution in [-0.4, -0.2) is 10.2 Å². The van der Waals surface area contributed by atoms with E-state index >= 15 is 0 Å². The van der Waals surface area contributed by atoms with Gasteiger partial charge in [0.05, 0.1) is 0 Å². The summed E-state index contributed by atoms with van der Waals surface area (Å²) in [5.74, 6) is 2.05. The second kappa shape index (κ2) is 7.66. The Morgan fingerprint density at radius 1 is 1.13 bits per heavy atom. The third kappa shape index (κ3) is 4.84. The van der Waals surface area contributed by atoms with Gasteiger partial charge in [0.2, 0.25) is 0 Å². The van der Waals surface area contributed by atoms with E-state index in [-0.39, 0.29) is 6.61 Å². The Bertz CT molecular complexity index is 728. The molecule has 0 fully saturated rings. The van der Waals surface area contributed by atoms with Gasteiger partial charge in [0.15, 0.2) is 6.61 Å². The lowest BCUT2D eigenvalue weighted by Gasteiger charge is -2.03. The van der Waals surface area contributed by atoms with Gasteiger partial charge < -0.3 is 9.15 Å². The number of aryl methyl sites for hydroxylation is 1. The molecule has 118 valence electrons. The fraction of sp³-hybridized carbons (Fsp3) is 0.176. The van der Waals surface area contributed by atoms with Crippen LogP contribution in [0.1, 0.15) is 17.0 Å². The molecular formula is C17H15BrN2O2S. The van der Waals surface area contributed by atoms with E-state index in [2.05, 4.69) is 38.3 Å². The van der Waals surface area contributed by atoms with Crippen LogP contribution in [0.3, 0.4) is 0 Å². The van der Waals surface area contributed by atoms with Crippen LogP contribution in [0, 0.1) is 6.92 Å². The molecule has 1 heterocycles. The van der Waals surface area contributed by atoms with Crippen molar-refractivity contribution >= 4 is 27.7 Å². The van der Waals surface area contributed by atoms with Gasteiger partial charge in [-0.25, -0.2) is 0 Å². The Labute approximate surface area is 147 Å². The second-order valence-electron chi connectivity index (χ2n) is 4.99. The average molecular weight is 391 g/mol. The van der Waals surface area contributed by atoms with Gasteiger partial charge in [-0.2, -0.15) is 0 Å². The maximum Gasteiger partial charge on any atom is 0.277 e. The zero-order valence-corrected chi connectivity index (χ0v) is 14.9. The average Bonchev–Trinajstić information content (AvgIpc) is 2.99. The molecule has 3 aromatic rings. The molecule has 0 N–H and O–H groups in total. The summed E-state index contributed by atoms with van der Waals surface area (Å²) in [6, 6.07) is 16.0. The molecule has 0 amide bonds. The monoisotopic (exact) mass is 390 g/mol. The van der Waals surface area contributed by atoms with Crippen molar-refractivity contribution in [1.29, 1.82) is 0 Å². The minimum atomic E-state index is 0.272. The van der Waals surface area contributed by atoms with Gasteiger partial charge in [0.1, 0.15) is 5.75 Å². The number of hydrogen-bond acceptors (Lipinski definition) is 5. The zero-order chi connectivity index (χ0) is 16.1. The molecule has 0 aliphatic heterocycles. The SMILES string of the molecule is Cc1cccc(OCc2nnc(SCc3cccc(Br)c3)o2)c1. The van der Waals surface area contributed by atoms with Crippen molar-refractivity contribution in [2.24, 2.45) is 0 Å². The van der Waals surface area contributed by atoms with Crippen molar-refractivity contribution in [3.05, 3.63) is 70.0 Å². The lowest BCUT2D eigenvalue weighted by molar-refractivity contribution is 0.252. The number of aromatic nitrogens is 2. The van der Waals surface area contributed by atoms with E-state index in [1.807, 2.05) is 43.3 Å². The molecular weight excluding hydrogens is 376 g/mol. The molecule has 0 spiro atoms. The number of thioether (sulfide) groups is 1. The molecule has 0 saturated carbocycles. The molecule has 2 aromatic carbocycles. The van der Waals surface area contributed by atoms with Crippen LogP contribution in [0.15, 0.2) is 62.6 Å². The lowest BCUT2D eigenvalue weighted by atomic mass is 10.2. The van der Waals surface area contributed by atoms with Crippen molar-refractivity contribution in [1.82, 2.24) is 10.2 Å². The van der Waals surface area contributed by atoms with Crippen molar-refractivity contribution in [2.75, 3.05) is 0 Å². The topological polar surface area (TPSA) is 48.2 Å². The number of ether oxygens (including phenoxy) is 1. The molecule has 0 saturated heterocycles. The van der Waals surface area contributed by atoms with E-state index in [0.717, 1.165) is 21.5 Å². The van der Waals surface area contributed by atoms with Gasteiger partial charge in [0, 0.05) is 10.2 Å². The minimum Gasteiger partial charge on any atom is -0.484 e. The Kier molecular flexibility index (Phi) is 5.35. The van der Waals surface area contributed by atoms with Gasteiger partial charge in [-0.05, 0) is 42.3 Å². The first-order valence-corrected chi connectivity index (χ1v) is 8.86. The van der Waals surface area contributed by atoms with E-state index in [0.29, 0.717) is 11.1 Å². The number of hydrogen-bond donors (Lipinski definition) is 0. The van der Waals surface area contributed by atoms with Crippen LogP contribution in [0.5, 0.6) is 5.75 Å². The fourth-order valence-corrected chi connectivity index (χ4v) is 3.15. The normalized spacial score (nSPS) is 10.7. The number of benzene rings is 2. The number of nitrogens with zero attached hydrogens (tertiary/aromatic N) is 2. The Hall–Kier alpha value is -1.79. The Balaban J connectivity index is 1.53. The maximum atomic E-state index is 5.65. The molecule has 0 bridgehead atoms. The van der Waals surface area contributed by atoms with Crippen LogP contribution < -0.4 is 4.74 Å². The molecule has 0 aliphatic carbocycles. The fourth-order valence-electron chi connectivity index (χ4n) is 1.98. The molecule has 0 aliphatic rings. The van der Waals surface area contributed by atoms with E-state index in [4.69, 9.17) is 9.15 Å². The first kappa shape index (κ1) is 16.1. The molecule has 0 unspecified atom stereocenters. The summed E-state index contributed by atoms with van der Waals surface area (Å²) in [5.41, 5.74) is 2.35. The largest absolute Gasteiger partial charge is 0.484 e. The lowest BCUT2D eigenvalue weighted by Crippen LogP contribution is -1.95. The van der Waals surface area contributed by atoms with Gasteiger partial charge >= 0.3 is 0 Å². The first-order valence-electron chi connectivity index (χ1n) is 7.08. The molecule has 6 heteroatoms. The highest BCUT2D eigenvalue weighted by atomic mass is 79.9. The van der Waals surface area contributed by atoms with Crippen molar-refractivity contribution in [2.45, 2.75) is 24.5 Å². The summed E-state index contributed by atoms with van der Waals surface area (Å²) in [7, 11) is 0. The molecule has 3 rings (SSSR count). The predicted octanol–water partition coefficient (Wildman–Crippen LogP) is 5.01. The van der Waals surface area contributed by atoms with E-state index < -0.39 is 0 Å². The Morgan fingerprint density at radius 2 is 2.00 bits per heavy atom. The number of rotatable bonds is 6. The van der Waals surface area contributed by atoms with Gasteiger partial charge in [-0.1, -0.05) is 52.0 Å². The van der Waals surface area contributed by atoms with E-state index in [1.165, 1.54) is 17.3 Å². The van der Waals surface area contributed by atoms with Crippen LogP contribution in [0.25, 0.3) is 0 Å². The third-order valence-electron chi connectivity index (χ3n) is 3.05. The smallest absolute Gasteiger partial charge is 0.277 e. The van der Waals surface area contributed by atoms with Crippen molar-refractivity contribution in [3.8, 4) is 5.75 Å². The number of halogens is 1. The van der Waals surface area contributed by atoms with Crippen LogP contribution in [0.2, 0.25) is 0 Å². The maximum absolute atomic E-state index is 5.65. The second-order valence-corrected chi connectivity index (χ2v) is 6.83. The van der Waals surface area contributed by atoms with Crippen molar-refractivity contribution < 1.29 is 9.15 Å². The highest BCUT2D eigenvalue weighted by Gasteiger charge is 2.08. The minimum absolute atomic E-state index is 0.272. The van der Waals surface area contributed by atoms with Gasteiger partial charge in [0.25, 0.3) is 11.1 Å². The van der Waals surface area contributed by atoms with Crippen LogP contribution in [-0.2, 0) is 12.4 Å².